The molecule has 0 aliphatic rings. The van der Waals surface area contributed by atoms with Crippen LogP contribution in [-0.4, -0.2) is 21.6 Å². The van der Waals surface area contributed by atoms with Crippen molar-refractivity contribution < 1.29 is 0 Å². The molecule has 2 N–H and O–H groups in total. The van der Waals surface area contributed by atoms with Crippen molar-refractivity contribution in [3.05, 3.63) is 23.2 Å². The molecule has 0 radical (unpaired) electrons. The second kappa shape index (κ2) is 5.19. The van der Waals surface area contributed by atoms with Gasteiger partial charge in [-0.1, -0.05) is 24.6 Å². The van der Waals surface area contributed by atoms with E-state index in [2.05, 4.69) is 22.7 Å². The minimum Gasteiger partial charge on any atom is -0.369 e. The lowest BCUT2D eigenvalue weighted by Crippen LogP contribution is -2.13. The average molecular weight is 270 g/mol. The van der Waals surface area contributed by atoms with E-state index in [0.29, 0.717) is 17.0 Å². The lowest BCUT2D eigenvalue weighted by Gasteiger charge is -2.17. The number of hydrogen-bond acceptors (Lipinski definition) is 3. The van der Waals surface area contributed by atoms with Crippen molar-refractivity contribution in [2.75, 3.05) is 17.7 Å². The van der Waals surface area contributed by atoms with Gasteiger partial charge in [0.1, 0.15) is 5.52 Å². The van der Waals surface area contributed by atoms with Crippen LogP contribution >= 0.6 is 23.4 Å². The second-order valence-electron chi connectivity index (χ2n) is 3.96. The number of nitrogen functional groups attached to an aromatic ring is 1. The summed E-state index contributed by atoms with van der Waals surface area (Å²) in [6.07, 6.45) is 3.13. The third-order valence-electron chi connectivity index (χ3n) is 2.89. The first kappa shape index (κ1) is 12.6. The van der Waals surface area contributed by atoms with Crippen molar-refractivity contribution in [2.45, 2.75) is 19.4 Å². The van der Waals surface area contributed by atoms with E-state index in [4.69, 9.17) is 17.3 Å². The van der Waals surface area contributed by atoms with Crippen LogP contribution in [-0.2, 0) is 0 Å². The number of para-hydroxylation sites is 1. The molecule has 0 amide bonds. The van der Waals surface area contributed by atoms with Gasteiger partial charge in [0.25, 0.3) is 0 Å². The number of rotatable bonds is 4. The van der Waals surface area contributed by atoms with E-state index in [0.717, 1.165) is 23.2 Å². The van der Waals surface area contributed by atoms with Crippen molar-refractivity contribution in [1.82, 2.24) is 9.55 Å². The molecule has 0 aliphatic heterocycles. The molecule has 3 nitrogen and oxygen atoms in total. The third kappa shape index (κ3) is 2.24. The quantitative estimate of drug-likeness (QED) is 0.923. The molecule has 1 aromatic heterocycles. The molecule has 1 heterocycles. The molecule has 2 aromatic rings. The van der Waals surface area contributed by atoms with Crippen LogP contribution in [0.1, 0.15) is 19.4 Å². The molecule has 92 valence electrons. The molecule has 1 unspecified atom stereocenters. The summed E-state index contributed by atoms with van der Waals surface area (Å²) in [6, 6.07) is 6.17. The fourth-order valence-corrected chi connectivity index (χ4v) is 3.03. The zero-order chi connectivity index (χ0) is 12.4. The Morgan fingerprint density at radius 2 is 2.29 bits per heavy atom. The van der Waals surface area contributed by atoms with Crippen molar-refractivity contribution in [1.29, 1.82) is 0 Å². The third-order valence-corrected chi connectivity index (χ3v) is 3.92. The Bertz CT molecular complexity index is 524. The smallest absolute Gasteiger partial charge is 0.201 e. The lowest BCUT2D eigenvalue weighted by molar-refractivity contribution is 0.561. The van der Waals surface area contributed by atoms with Gasteiger partial charge in [0, 0.05) is 11.8 Å². The van der Waals surface area contributed by atoms with E-state index >= 15 is 0 Å². The van der Waals surface area contributed by atoms with Gasteiger partial charge in [-0.15, -0.1) is 0 Å². The van der Waals surface area contributed by atoms with E-state index in [1.54, 1.807) is 0 Å². The number of fused-ring (bicyclic) bond motifs is 1. The summed E-state index contributed by atoms with van der Waals surface area (Å²) < 4.78 is 2.09. The Balaban J connectivity index is 2.59. The number of imidazole rings is 1. The minimum absolute atomic E-state index is 0.369. The van der Waals surface area contributed by atoms with E-state index in [9.17, 15) is 0 Å². The maximum absolute atomic E-state index is 6.13. The summed E-state index contributed by atoms with van der Waals surface area (Å²) in [7, 11) is 0. The SMILES string of the molecule is CCC(CSC)n1c(N)nc2c(Cl)cccc21. The van der Waals surface area contributed by atoms with Crippen LogP contribution in [0, 0.1) is 0 Å². The number of nitrogens with two attached hydrogens (primary N) is 1. The molecule has 1 aromatic carbocycles. The largest absolute Gasteiger partial charge is 0.369 e. The van der Waals surface area contributed by atoms with E-state index in [-0.39, 0.29) is 0 Å². The van der Waals surface area contributed by atoms with Crippen molar-refractivity contribution in [3.8, 4) is 0 Å². The van der Waals surface area contributed by atoms with Gasteiger partial charge in [0.2, 0.25) is 5.95 Å². The molecule has 0 saturated heterocycles. The molecule has 5 heteroatoms. The van der Waals surface area contributed by atoms with Crippen LogP contribution in [0.4, 0.5) is 5.95 Å². The summed E-state index contributed by atoms with van der Waals surface area (Å²) in [5, 5.41) is 0.659. The van der Waals surface area contributed by atoms with Gasteiger partial charge in [0.15, 0.2) is 0 Å². The Kier molecular flexibility index (Phi) is 3.84. The summed E-state index contributed by atoms with van der Waals surface area (Å²) in [5.41, 5.74) is 7.83. The number of nitrogens with zero attached hydrogens (tertiary/aromatic N) is 2. The van der Waals surface area contributed by atoms with Gasteiger partial charge >= 0.3 is 0 Å². The predicted molar refractivity (Wildman–Crippen MR) is 76.9 cm³/mol. The molecule has 0 spiro atoms. The number of halogens is 1. The fourth-order valence-electron chi connectivity index (χ4n) is 2.05. The molecule has 0 bridgehead atoms. The predicted octanol–water partition coefficient (Wildman–Crippen LogP) is 3.59. The van der Waals surface area contributed by atoms with Gasteiger partial charge in [-0.3, -0.25) is 0 Å². The molecule has 17 heavy (non-hydrogen) atoms. The van der Waals surface area contributed by atoms with Gasteiger partial charge in [-0.25, -0.2) is 4.98 Å². The highest BCUT2D eigenvalue weighted by molar-refractivity contribution is 7.98. The van der Waals surface area contributed by atoms with Crippen LogP contribution in [0.3, 0.4) is 0 Å². The number of thioether (sulfide) groups is 1. The molecule has 0 fully saturated rings. The van der Waals surface area contributed by atoms with E-state index < -0.39 is 0 Å². The number of hydrogen-bond donors (Lipinski definition) is 1. The highest BCUT2D eigenvalue weighted by Gasteiger charge is 2.17. The lowest BCUT2D eigenvalue weighted by atomic mass is 10.2. The number of benzene rings is 1. The first-order chi connectivity index (χ1) is 8.19. The summed E-state index contributed by atoms with van der Waals surface area (Å²) in [6.45, 7) is 2.16. The first-order valence-electron chi connectivity index (χ1n) is 5.59. The minimum atomic E-state index is 0.369. The molecule has 1 atom stereocenters. The van der Waals surface area contributed by atoms with Gasteiger partial charge in [-0.2, -0.15) is 11.8 Å². The van der Waals surface area contributed by atoms with Gasteiger partial charge in [-0.05, 0) is 24.8 Å². The van der Waals surface area contributed by atoms with Crippen LogP contribution in [0.25, 0.3) is 11.0 Å². The van der Waals surface area contributed by atoms with Crippen LogP contribution < -0.4 is 5.73 Å². The van der Waals surface area contributed by atoms with Crippen molar-refractivity contribution in [2.24, 2.45) is 0 Å². The number of anilines is 1. The molecular formula is C12H16ClN3S. The van der Waals surface area contributed by atoms with Crippen molar-refractivity contribution >= 4 is 40.3 Å². The fraction of sp³-hybridized carbons (Fsp3) is 0.417. The number of aromatic nitrogens is 2. The molecule has 2 rings (SSSR count). The molecule has 0 aliphatic carbocycles. The Morgan fingerprint density at radius 1 is 1.53 bits per heavy atom. The normalized spacial score (nSPS) is 13.1. The Morgan fingerprint density at radius 3 is 2.94 bits per heavy atom. The van der Waals surface area contributed by atoms with Crippen LogP contribution in [0.2, 0.25) is 5.02 Å². The topological polar surface area (TPSA) is 43.8 Å². The van der Waals surface area contributed by atoms with Gasteiger partial charge < -0.3 is 10.3 Å². The standard InChI is InChI=1S/C12H16ClN3S/c1-3-8(7-17-2)16-10-6-4-5-9(13)11(10)15-12(16)14/h4-6,8H,3,7H2,1-2H3,(H2,14,15). The zero-order valence-corrected chi connectivity index (χ0v) is 11.6. The average Bonchev–Trinajstić information content (AvgIpc) is 2.64. The van der Waals surface area contributed by atoms with Gasteiger partial charge in [0.05, 0.1) is 10.5 Å². The van der Waals surface area contributed by atoms with Crippen molar-refractivity contribution in [3.63, 3.8) is 0 Å². The Hall–Kier alpha value is -0.870. The maximum Gasteiger partial charge on any atom is 0.201 e. The highest BCUT2D eigenvalue weighted by atomic mass is 35.5. The summed E-state index contributed by atoms with van der Waals surface area (Å²) in [5.74, 6) is 1.58. The molecular weight excluding hydrogens is 254 g/mol. The first-order valence-corrected chi connectivity index (χ1v) is 7.37. The van der Waals surface area contributed by atoms with Crippen LogP contribution in [0.15, 0.2) is 18.2 Å². The maximum atomic E-state index is 6.13. The highest BCUT2D eigenvalue weighted by Crippen LogP contribution is 2.30. The molecule has 0 saturated carbocycles. The second-order valence-corrected chi connectivity index (χ2v) is 5.28. The summed E-state index contributed by atoms with van der Waals surface area (Å²) in [4.78, 5) is 4.36. The summed E-state index contributed by atoms with van der Waals surface area (Å²) >= 11 is 7.95. The monoisotopic (exact) mass is 269 g/mol. The van der Waals surface area contributed by atoms with Crippen LogP contribution in [0.5, 0.6) is 0 Å². The Labute approximate surface area is 110 Å². The van der Waals surface area contributed by atoms with E-state index in [1.165, 1.54) is 0 Å². The van der Waals surface area contributed by atoms with E-state index in [1.807, 2.05) is 30.0 Å². The zero-order valence-electron chi connectivity index (χ0n) is 9.98.